The molecule has 0 aliphatic heterocycles. The van der Waals surface area contributed by atoms with E-state index in [1.807, 2.05) is 0 Å². The summed E-state index contributed by atoms with van der Waals surface area (Å²) in [5.41, 5.74) is 6.84. The summed E-state index contributed by atoms with van der Waals surface area (Å²) in [6, 6.07) is 5.40. The van der Waals surface area contributed by atoms with Gasteiger partial charge in [0.15, 0.2) is 0 Å². The molecule has 0 amide bonds. The number of nitrogens with two attached hydrogens (primary N) is 1. The van der Waals surface area contributed by atoms with E-state index in [1.54, 1.807) is 6.07 Å². The van der Waals surface area contributed by atoms with Gasteiger partial charge in [0.25, 0.3) is 5.69 Å². The standard InChI is InChI=1S/C14H20ClN3O2/c1-2-17(11-5-3-10(16)4-6-11)14-8-7-12(18(19)20)9-13(14)15/h7-11H,2-6,16H2,1H3. The Kier molecular flexibility index (Phi) is 4.83. The van der Waals surface area contributed by atoms with Gasteiger partial charge in [-0.05, 0) is 38.7 Å². The molecule has 0 aromatic heterocycles. The normalized spacial score (nSPS) is 22.6. The quantitative estimate of drug-likeness (QED) is 0.683. The van der Waals surface area contributed by atoms with E-state index in [-0.39, 0.29) is 5.69 Å². The SMILES string of the molecule is CCN(c1ccc([N+](=O)[O-])cc1Cl)C1CCC(N)CC1. The molecule has 20 heavy (non-hydrogen) atoms. The van der Waals surface area contributed by atoms with Gasteiger partial charge in [0.1, 0.15) is 0 Å². The molecule has 1 saturated carbocycles. The molecule has 1 aromatic carbocycles. The topological polar surface area (TPSA) is 72.4 Å². The second kappa shape index (κ2) is 6.41. The van der Waals surface area contributed by atoms with Gasteiger partial charge in [-0.25, -0.2) is 0 Å². The van der Waals surface area contributed by atoms with Crippen LogP contribution in [0.1, 0.15) is 32.6 Å². The maximum atomic E-state index is 10.8. The average molecular weight is 298 g/mol. The van der Waals surface area contributed by atoms with Gasteiger partial charge in [0, 0.05) is 30.8 Å². The molecule has 0 bridgehead atoms. The van der Waals surface area contributed by atoms with Gasteiger partial charge in [0.2, 0.25) is 0 Å². The summed E-state index contributed by atoms with van der Waals surface area (Å²) in [6.07, 6.45) is 4.13. The molecular formula is C14H20ClN3O2. The van der Waals surface area contributed by atoms with Crippen LogP contribution in [0.3, 0.4) is 0 Å². The van der Waals surface area contributed by atoms with E-state index in [1.165, 1.54) is 12.1 Å². The zero-order valence-corrected chi connectivity index (χ0v) is 12.3. The Morgan fingerprint density at radius 1 is 1.40 bits per heavy atom. The highest BCUT2D eigenvalue weighted by atomic mass is 35.5. The van der Waals surface area contributed by atoms with Crippen molar-refractivity contribution >= 4 is 23.0 Å². The number of anilines is 1. The minimum Gasteiger partial charge on any atom is -0.368 e. The second-order valence-electron chi connectivity index (χ2n) is 5.25. The van der Waals surface area contributed by atoms with Gasteiger partial charge < -0.3 is 10.6 Å². The summed E-state index contributed by atoms with van der Waals surface area (Å²) in [7, 11) is 0. The molecule has 110 valence electrons. The van der Waals surface area contributed by atoms with E-state index in [2.05, 4.69) is 11.8 Å². The van der Waals surface area contributed by atoms with Crippen LogP contribution in [0.15, 0.2) is 18.2 Å². The highest BCUT2D eigenvalue weighted by Gasteiger charge is 2.25. The number of nitro groups is 1. The minimum absolute atomic E-state index is 0.0282. The number of hydrogen-bond donors (Lipinski definition) is 1. The molecule has 0 atom stereocenters. The highest BCUT2D eigenvalue weighted by Crippen LogP contribution is 2.34. The fraction of sp³-hybridized carbons (Fsp3) is 0.571. The fourth-order valence-corrected chi connectivity index (χ4v) is 3.16. The third-order valence-corrected chi connectivity index (χ3v) is 4.28. The van der Waals surface area contributed by atoms with Gasteiger partial charge in [-0.15, -0.1) is 0 Å². The number of nitrogens with zero attached hydrogens (tertiary/aromatic N) is 2. The zero-order valence-electron chi connectivity index (χ0n) is 11.6. The van der Waals surface area contributed by atoms with Crippen LogP contribution in [0.25, 0.3) is 0 Å². The second-order valence-corrected chi connectivity index (χ2v) is 5.65. The molecule has 1 aromatic rings. The summed E-state index contributed by atoms with van der Waals surface area (Å²) in [5, 5.41) is 11.2. The zero-order chi connectivity index (χ0) is 14.7. The van der Waals surface area contributed by atoms with Crippen LogP contribution in [0.2, 0.25) is 5.02 Å². The van der Waals surface area contributed by atoms with Gasteiger partial charge >= 0.3 is 0 Å². The van der Waals surface area contributed by atoms with Gasteiger partial charge in [0.05, 0.1) is 15.6 Å². The van der Waals surface area contributed by atoms with Crippen LogP contribution in [0.4, 0.5) is 11.4 Å². The summed E-state index contributed by atoms with van der Waals surface area (Å²) in [6.45, 7) is 2.91. The summed E-state index contributed by atoms with van der Waals surface area (Å²) in [5.74, 6) is 0. The number of benzene rings is 1. The first kappa shape index (κ1) is 15.1. The van der Waals surface area contributed by atoms with Crippen LogP contribution in [-0.4, -0.2) is 23.6 Å². The molecule has 1 aliphatic rings. The number of nitro benzene ring substituents is 1. The van der Waals surface area contributed by atoms with E-state index in [0.717, 1.165) is 37.9 Å². The number of non-ortho nitro benzene ring substituents is 1. The Morgan fingerprint density at radius 2 is 2.05 bits per heavy atom. The van der Waals surface area contributed by atoms with Crippen molar-refractivity contribution < 1.29 is 4.92 Å². The van der Waals surface area contributed by atoms with Crippen molar-refractivity contribution in [3.05, 3.63) is 33.3 Å². The maximum Gasteiger partial charge on any atom is 0.271 e. The Hall–Kier alpha value is -1.33. The van der Waals surface area contributed by atoms with E-state index in [4.69, 9.17) is 17.3 Å². The van der Waals surface area contributed by atoms with Crippen LogP contribution in [-0.2, 0) is 0 Å². The van der Waals surface area contributed by atoms with Gasteiger partial charge in [-0.1, -0.05) is 11.6 Å². The molecule has 2 N–H and O–H groups in total. The predicted octanol–water partition coefficient (Wildman–Crippen LogP) is 3.34. The lowest BCUT2D eigenvalue weighted by molar-refractivity contribution is -0.384. The fourth-order valence-electron chi connectivity index (χ4n) is 2.88. The Morgan fingerprint density at radius 3 is 2.55 bits per heavy atom. The smallest absolute Gasteiger partial charge is 0.271 e. The van der Waals surface area contributed by atoms with Crippen molar-refractivity contribution in [2.24, 2.45) is 5.73 Å². The van der Waals surface area contributed by atoms with Crippen molar-refractivity contribution in [2.75, 3.05) is 11.4 Å². The lowest BCUT2D eigenvalue weighted by atomic mass is 9.90. The van der Waals surface area contributed by atoms with Crippen molar-refractivity contribution in [3.8, 4) is 0 Å². The van der Waals surface area contributed by atoms with Crippen LogP contribution < -0.4 is 10.6 Å². The molecule has 0 unspecified atom stereocenters. The Labute approximate surface area is 123 Å². The van der Waals surface area contributed by atoms with Crippen LogP contribution >= 0.6 is 11.6 Å². The first-order chi connectivity index (χ1) is 9.52. The average Bonchev–Trinajstić information content (AvgIpc) is 2.43. The molecule has 0 saturated heterocycles. The van der Waals surface area contributed by atoms with Crippen LogP contribution in [0, 0.1) is 10.1 Å². The largest absolute Gasteiger partial charge is 0.368 e. The molecule has 5 nitrogen and oxygen atoms in total. The van der Waals surface area contributed by atoms with Crippen molar-refractivity contribution in [3.63, 3.8) is 0 Å². The third kappa shape index (κ3) is 3.22. The molecule has 2 rings (SSSR count). The van der Waals surface area contributed by atoms with Crippen molar-refractivity contribution in [1.29, 1.82) is 0 Å². The summed E-state index contributed by atoms with van der Waals surface area (Å²) in [4.78, 5) is 12.6. The summed E-state index contributed by atoms with van der Waals surface area (Å²) >= 11 is 6.22. The molecule has 1 aliphatic carbocycles. The minimum atomic E-state index is -0.425. The Balaban J connectivity index is 2.21. The maximum absolute atomic E-state index is 10.8. The number of rotatable bonds is 4. The lowest BCUT2D eigenvalue weighted by Crippen LogP contribution is -2.41. The van der Waals surface area contributed by atoms with Gasteiger partial charge in [-0.2, -0.15) is 0 Å². The molecular weight excluding hydrogens is 278 g/mol. The molecule has 0 spiro atoms. The Bertz CT molecular complexity index is 487. The first-order valence-corrected chi connectivity index (χ1v) is 7.37. The highest BCUT2D eigenvalue weighted by molar-refractivity contribution is 6.33. The van der Waals surface area contributed by atoms with Crippen LogP contribution in [0.5, 0.6) is 0 Å². The van der Waals surface area contributed by atoms with Crippen molar-refractivity contribution in [2.45, 2.75) is 44.7 Å². The predicted molar refractivity (Wildman–Crippen MR) is 81.4 cm³/mol. The molecule has 1 fully saturated rings. The van der Waals surface area contributed by atoms with Crippen molar-refractivity contribution in [1.82, 2.24) is 0 Å². The van der Waals surface area contributed by atoms with E-state index in [9.17, 15) is 10.1 Å². The molecule has 0 radical (unpaired) electrons. The molecule has 6 heteroatoms. The third-order valence-electron chi connectivity index (χ3n) is 3.97. The van der Waals surface area contributed by atoms with E-state index >= 15 is 0 Å². The molecule has 0 heterocycles. The van der Waals surface area contributed by atoms with E-state index in [0.29, 0.717) is 17.1 Å². The number of hydrogen-bond acceptors (Lipinski definition) is 4. The summed E-state index contributed by atoms with van der Waals surface area (Å²) < 4.78 is 0. The number of halogens is 1. The lowest BCUT2D eigenvalue weighted by Gasteiger charge is -2.37. The van der Waals surface area contributed by atoms with E-state index < -0.39 is 4.92 Å². The van der Waals surface area contributed by atoms with Gasteiger partial charge in [-0.3, -0.25) is 10.1 Å². The first-order valence-electron chi connectivity index (χ1n) is 6.99. The monoisotopic (exact) mass is 297 g/mol.